The fraction of sp³-hybridized carbons (Fsp3) is 0.742. The Labute approximate surface area is 216 Å². The Kier molecular flexibility index (Phi) is 6.26. The van der Waals surface area contributed by atoms with Crippen molar-refractivity contribution < 1.29 is 19.5 Å². The van der Waals surface area contributed by atoms with Gasteiger partial charge in [-0.1, -0.05) is 60.1 Å². The quantitative estimate of drug-likeness (QED) is 0.439. The van der Waals surface area contributed by atoms with Crippen LogP contribution in [0.3, 0.4) is 0 Å². The molecule has 196 valence electrons. The lowest BCUT2D eigenvalue weighted by Crippen LogP contribution is -2.60. The second-order valence-corrected chi connectivity index (χ2v) is 14.2. The van der Waals surface area contributed by atoms with Crippen molar-refractivity contribution in [2.75, 3.05) is 0 Å². The zero-order valence-electron chi connectivity index (χ0n) is 23.2. The first-order valence-electron chi connectivity index (χ1n) is 13.7. The molecular formula is C31H43NO4. The van der Waals surface area contributed by atoms with Gasteiger partial charge in [0.2, 0.25) is 0 Å². The molecule has 0 saturated heterocycles. The Hall–Kier alpha value is -2.22. The van der Waals surface area contributed by atoms with Crippen LogP contribution < -0.4 is 0 Å². The number of Topliss-reactive ketones (excluding diaryl/α,β-unsaturated/α-hetero) is 1. The third-order valence-corrected chi connectivity index (χ3v) is 11.4. The number of fused-ring (bicyclic) bond motifs is 5. The molecule has 0 heterocycles. The van der Waals surface area contributed by atoms with Crippen molar-refractivity contribution in [1.82, 2.24) is 0 Å². The minimum absolute atomic E-state index is 0.00658. The summed E-state index contributed by atoms with van der Waals surface area (Å²) in [5.41, 5.74) is -0.744. The van der Waals surface area contributed by atoms with Crippen LogP contribution in [-0.2, 0) is 14.4 Å². The molecule has 4 rings (SSSR count). The maximum Gasteiger partial charge on any atom is 0.306 e. The number of carboxylic acids is 1. The van der Waals surface area contributed by atoms with Crippen LogP contribution >= 0.6 is 0 Å². The highest BCUT2D eigenvalue weighted by Gasteiger charge is 2.65. The molecule has 5 nitrogen and oxygen atoms in total. The molecular weight excluding hydrogens is 450 g/mol. The molecule has 0 spiro atoms. The summed E-state index contributed by atoms with van der Waals surface area (Å²) < 4.78 is 0. The first kappa shape index (κ1) is 26.8. The number of hydrogen-bond acceptors (Lipinski definition) is 4. The lowest BCUT2D eigenvalue weighted by atomic mass is 9.38. The maximum atomic E-state index is 14.0. The van der Waals surface area contributed by atoms with Gasteiger partial charge in [-0.3, -0.25) is 14.4 Å². The highest BCUT2D eigenvalue weighted by molar-refractivity contribution is 6.04. The second-order valence-electron chi connectivity index (χ2n) is 14.2. The first-order valence-corrected chi connectivity index (χ1v) is 13.7. The number of carbonyl (C=O) groups excluding carboxylic acids is 2. The van der Waals surface area contributed by atoms with Crippen LogP contribution in [0.5, 0.6) is 0 Å². The average molecular weight is 494 g/mol. The predicted molar refractivity (Wildman–Crippen MR) is 139 cm³/mol. The van der Waals surface area contributed by atoms with Crippen molar-refractivity contribution >= 4 is 17.5 Å². The molecule has 0 aliphatic heterocycles. The normalized spacial score (nSPS) is 42.0. The Morgan fingerprint density at radius 3 is 2.17 bits per heavy atom. The predicted octanol–water partition coefficient (Wildman–Crippen LogP) is 6.68. The summed E-state index contributed by atoms with van der Waals surface area (Å²) in [6, 6.07) is 2.15. The summed E-state index contributed by atoms with van der Waals surface area (Å²) >= 11 is 0. The Bertz CT molecular complexity index is 1100. The van der Waals surface area contributed by atoms with E-state index >= 15 is 0 Å². The number of rotatable bonds is 1. The monoisotopic (exact) mass is 493 g/mol. The van der Waals surface area contributed by atoms with Crippen LogP contribution in [0.25, 0.3) is 0 Å². The molecule has 0 bridgehead atoms. The molecule has 2 saturated carbocycles. The van der Waals surface area contributed by atoms with Crippen molar-refractivity contribution in [1.29, 1.82) is 5.26 Å². The molecule has 0 radical (unpaired) electrons. The molecule has 36 heavy (non-hydrogen) atoms. The van der Waals surface area contributed by atoms with Gasteiger partial charge in [0, 0.05) is 16.7 Å². The molecule has 1 unspecified atom stereocenters. The van der Waals surface area contributed by atoms with E-state index in [1.54, 1.807) is 0 Å². The van der Waals surface area contributed by atoms with Crippen molar-refractivity contribution in [3.05, 3.63) is 23.3 Å². The highest BCUT2D eigenvalue weighted by Crippen LogP contribution is 2.70. The van der Waals surface area contributed by atoms with Gasteiger partial charge in [0.1, 0.15) is 6.07 Å². The highest BCUT2D eigenvalue weighted by atomic mass is 16.4. The third kappa shape index (κ3) is 3.74. The number of carbonyl (C=O) groups is 3. The minimum Gasteiger partial charge on any atom is -0.481 e. The fourth-order valence-corrected chi connectivity index (χ4v) is 8.74. The summed E-state index contributed by atoms with van der Waals surface area (Å²) in [5.74, 6) is -1.26. The number of carboxylic acid groups (broad SMARTS) is 1. The van der Waals surface area contributed by atoms with Crippen molar-refractivity contribution in [2.24, 2.45) is 44.8 Å². The number of nitriles is 1. The van der Waals surface area contributed by atoms with E-state index < -0.39 is 28.1 Å². The average Bonchev–Trinajstić information content (AvgIpc) is 2.77. The Morgan fingerprint density at radius 2 is 1.56 bits per heavy atom. The van der Waals surface area contributed by atoms with Gasteiger partial charge >= 0.3 is 5.97 Å². The van der Waals surface area contributed by atoms with Gasteiger partial charge in [-0.2, -0.15) is 5.26 Å². The fourth-order valence-electron chi connectivity index (χ4n) is 8.74. The molecule has 0 amide bonds. The Balaban J connectivity index is 1.89. The number of ketones is 2. The smallest absolute Gasteiger partial charge is 0.306 e. The second kappa shape index (κ2) is 8.40. The van der Waals surface area contributed by atoms with E-state index in [2.05, 4.69) is 40.7 Å². The first-order chi connectivity index (χ1) is 16.5. The van der Waals surface area contributed by atoms with Crippen LogP contribution in [0.15, 0.2) is 23.3 Å². The zero-order chi connectivity index (χ0) is 26.9. The molecule has 5 heteroatoms. The zero-order valence-corrected chi connectivity index (χ0v) is 23.2. The number of aliphatic carboxylic acids is 1. The van der Waals surface area contributed by atoms with Gasteiger partial charge in [-0.05, 0) is 79.6 Å². The molecule has 6 atom stereocenters. The van der Waals surface area contributed by atoms with Crippen LogP contribution in [0.2, 0.25) is 0 Å². The van der Waals surface area contributed by atoms with Crippen LogP contribution in [0.1, 0.15) is 99.8 Å². The molecule has 4 aliphatic rings. The molecule has 1 N–H and O–H groups in total. The molecule has 0 aromatic carbocycles. The van der Waals surface area contributed by atoms with E-state index in [1.165, 1.54) is 0 Å². The summed E-state index contributed by atoms with van der Waals surface area (Å²) in [7, 11) is 0. The maximum absolute atomic E-state index is 14.0. The molecule has 0 aromatic rings. The number of hydrogen-bond donors (Lipinski definition) is 1. The van der Waals surface area contributed by atoms with E-state index in [0.29, 0.717) is 19.3 Å². The summed E-state index contributed by atoms with van der Waals surface area (Å²) in [6.07, 6.45) is 9.90. The summed E-state index contributed by atoms with van der Waals surface area (Å²) in [5, 5.41) is 19.8. The van der Waals surface area contributed by atoms with Crippen LogP contribution in [0.4, 0.5) is 0 Å². The number of allylic oxidation sites excluding steroid dienone is 4. The Morgan fingerprint density at radius 1 is 0.944 bits per heavy atom. The standard InChI is InChI=1S/C31H43NO4/c1-27(2)12-8-19(26(35)36)9-14-30(6)21(10-13-27)22(33)16-24-29(5)17-20(18-32)25(34)28(3,4)23(29)11-15-31(24,30)7/h16-17,19,21,23H,8-15H2,1-7H3,(H,35,36)/t19-,21?,23-,29-,30+,31+/m0/s1. The van der Waals surface area contributed by atoms with Crippen molar-refractivity contribution in [2.45, 2.75) is 99.8 Å². The van der Waals surface area contributed by atoms with Gasteiger partial charge in [0.15, 0.2) is 11.6 Å². The lowest BCUT2D eigenvalue weighted by molar-refractivity contribution is -0.144. The van der Waals surface area contributed by atoms with Gasteiger partial charge in [-0.25, -0.2) is 0 Å². The van der Waals surface area contributed by atoms with Gasteiger partial charge in [0.25, 0.3) is 0 Å². The van der Waals surface area contributed by atoms with Crippen LogP contribution in [0, 0.1) is 56.2 Å². The SMILES string of the molecule is CC1(C)CCC2C(=O)C=C3[C@@]4(C)C=C(C#N)C(=O)C(C)(C)[C@@H]4CC[C@@]3(C)[C@]2(C)CC[C@@H](C(=O)O)CC1. The van der Waals surface area contributed by atoms with Gasteiger partial charge in [-0.15, -0.1) is 0 Å². The van der Waals surface area contributed by atoms with E-state index in [4.69, 9.17) is 0 Å². The summed E-state index contributed by atoms with van der Waals surface area (Å²) in [6.45, 7) is 14.9. The minimum atomic E-state index is -0.737. The van der Waals surface area contributed by atoms with Crippen LogP contribution in [-0.4, -0.2) is 22.6 Å². The van der Waals surface area contributed by atoms with E-state index in [0.717, 1.165) is 37.7 Å². The van der Waals surface area contributed by atoms with E-state index in [1.807, 2.05) is 26.0 Å². The molecule has 0 aromatic heterocycles. The van der Waals surface area contributed by atoms with Gasteiger partial charge < -0.3 is 5.11 Å². The number of nitrogens with zero attached hydrogens (tertiary/aromatic N) is 1. The molecule has 4 aliphatic carbocycles. The summed E-state index contributed by atoms with van der Waals surface area (Å²) in [4.78, 5) is 39.3. The van der Waals surface area contributed by atoms with Gasteiger partial charge in [0.05, 0.1) is 11.5 Å². The van der Waals surface area contributed by atoms with Crippen molar-refractivity contribution in [3.8, 4) is 6.07 Å². The third-order valence-electron chi connectivity index (χ3n) is 11.4. The largest absolute Gasteiger partial charge is 0.481 e. The van der Waals surface area contributed by atoms with Crippen molar-refractivity contribution in [3.63, 3.8) is 0 Å². The van der Waals surface area contributed by atoms with E-state index in [-0.39, 0.29) is 39.8 Å². The van der Waals surface area contributed by atoms with E-state index in [9.17, 15) is 24.8 Å². The molecule has 2 fully saturated rings. The lowest BCUT2D eigenvalue weighted by Gasteiger charge is -2.64. The topological polar surface area (TPSA) is 95.2 Å².